The Kier molecular flexibility index (Phi) is 12.8. The molecule has 294 valence electrons. The molecule has 0 saturated carbocycles. The van der Waals surface area contributed by atoms with Crippen LogP contribution in [-0.2, 0) is 4.79 Å². The summed E-state index contributed by atoms with van der Waals surface area (Å²) in [4.78, 5) is 46.7. The number of Topliss-reactive ketones (excluding diaryl/α,β-unsaturated/α-hetero) is 2. The number of carbonyl (C=O) groups is 3. The molecule has 1 unspecified atom stereocenters. The van der Waals surface area contributed by atoms with Crippen LogP contribution >= 0.6 is 22.7 Å². The van der Waals surface area contributed by atoms with Crippen LogP contribution in [-0.4, -0.2) is 33.5 Å². The number of ketones is 2. The summed E-state index contributed by atoms with van der Waals surface area (Å²) in [7, 11) is 0. The Bertz CT molecular complexity index is 2880. The van der Waals surface area contributed by atoms with Gasteiger partial charge in [0.2, 0.25) is 5.91 Å². The molecule has 0 spiro atoms. The van der Waals surface area contributed by atoms with Crippen molar-refractivity contribution in [3.8, 4) is 34.4 Å². The van der Waals surface area contributed by atoms with Crippen LogP contribution in [0.5, 0.6) is 0 Å². The first-order valence-corrected chi connectivity index (χ1v) is 20.6. The van der Waals surface area contributed by atoms with Crippen LogP contribution in [0, 0.1) is 28.6 Å². The van der Waals surface area contributed by atoms with Gasteiger partial charge < -0.3 is 16.0 Å². The van der Waals surface area contributed by atoms with Crippen LogP contribution < -0.4 is 16.0 Å². The molecule has 10 nitrogen and oxygen atoms in total. The summed E-state index contributed by atoms with van der Waals surface area (Å²) in [5.74, 6) is -2.62. The lowest BCUT2D eigenvalue weighted by molar-refractivity contribution is -0.122. The predicted octanol–water partition coefficient (Wildman–Crippen LogP) is 11.4. The number of nitriles is 2. The van der Waals surface area contributed by atoms with Crippen molar-refractivity contribution < 1.29 is 14.4 Å². The maximum atomic E-state index is 12.9. The van der Waals surface area contributed by atoms with E-state index in [1.54, 1.807) is 44.7 Å². The quantitative estimate of drug-likeness (QED) is 0.0804. The smallest absolute Gasteiger partial charge is 0.245 e. The van der Waals surface area contributed by atoms with Crippen LogP contribution in [0.2, 0.25) is 0 Å². The molecular formula is C48H37N7O3S2. The summed E-state index contributed by atoms with van der Waals surface area (Å²) >= 11 is 2.59. The zero-order valence-corrected chi connectivity index (χ0v) is 34.2. The molecule has 8 rings (SSSR count). The van der Waals surface area contributed by atoms with E-state index in [0.717, 1.165) is 59.6 Å². The average Bonchev–Trinajstić information content (AvgIpc) is 3.92. The lowest BCUT2D eigenvalue weighted by Gasteiger charge is -2.11. The number of pyridine rings is 2. The number of rotatable bonds is 12. The zero-order chi connectivity index (χ0) is 42.0. The van der Waals surface area contributed by atoms with Gasteiger partial charge >= 0.3 is 0 Å². The second-order valence-electron chi connectivity index (χ2n) is 13.9. The molecule has 4 aromatic heterocycles. The standard InChI is InChI=1S/C26H22N4O2S.C22H15N3OS/c1-16(2)29-26(32)21(13-27)25(31)23-12-20-22(14-28-15-24(20)33-23)30-19-10-8-18(9-11-19)17-6-4-3-5-7-17;23-11-10-20(26)21-12-18-19(13-24-14-22(18)27-21)25-17-8-6-16(7-9-17)15-4-2-1-3-5-15/h3-12,14-16,21,30H,1-2H3,(H,29,32);1-9,12-14,25H,10H2. The van der Waals surface area contributed by atoms with Gasteiger partial charge in [-0.05, 0) is 72.5 Å². The van der Waals surface area contributed by atoms with Crippen LogP contribution in [0.3, 0.4) is 0 Å². The van der Waals surface area contributed by atoms with Crippen molar-refractivity contribution in [3.05, 3.63) is 156 Å². The topological polar surface area (TPSA) is 161 Å². The minimum atomic E-state index is -1.38. The Morgan fingerprint density at radius 3 is 1.52 bits per heavy atom. The van der Waals surface area contributed by atoms with Crippen molar-refractivity contribution in [2.75, 3.05) is 10.6 Å². The van der Waals surface area contributed by atoms with Gasteiger partial charge in [0.25, 0.3) is 0 Å². The molecule has 0 aliphatic rings. The van der Waals surface area contributed by atoms with E-state index in [1.807, 2.05) is 91.0 Å². The average molecular weight is 824 g/mol. The van der Waals surface area contributed by atoms with Gasteiger partial charge in [0.05, 0.1) is 61.5 Å². The molecule has 0 aliphatic heterocycles. The van der Waals surface area contributed by atoms with Crippen LogP contribution in [0.4, 0.5) is 22.7 Å². The third-order valence-electron chi connectivity index (χ3n) is 9.28. The highest BCUT2D eigenvalue weighted by atomic mass is 32.1. The van der Waals surface area contributed by atoms with E-state index in [1.165, 1.54) is 28.2 Å². The van der Waals surface area contributed by atoms with Gasteiger partial charge in [0, 0.05) is 40.6 Å². The fourth-order valence-electron chi connectivity index (χ4n) is 6.35. The maximum Gasteiger partial charge on any atom is 0.245 e. The highest BCUT2D eigenvalue weighted by molar-refractivity contribution is 7.21. The minimum Gasteiger partial charge on any atom is -0.354 e. The van der Waals surface area contributed by atoms with E-state index >= 15 is 0 Å². The van der Waals surface area contributed by atoms with Gasteiger partial charge in [-0.2, -0.15) is 10.5 Å². The first-order valence-electron chi connectivity index (χ1n) is 18.9. The lowest BCUT2D eigenvalue weighted by Crippen LogP contribution is -2.38. The number of hydrogen-bond donors (Lipinski definition) is 3. The van der Waals surface area contributed by atoms with Crippen LogP contribution in [0.15, 0.2) is 146 Å². The maximum absolute atomic E-state index is 12.9. The van der Waals surface area contributed by atoms with Crippen LogP contribution in [0.25, 0.3) is 42.4 Å². The van der Waals surface area contributed by atoms with Crippen molar-refractivity contribution in [1.29, 1.82) is 10.5 Å². The largest absolute Gasteiger partial charge is 0.354 e. The van der Waals surface area contributed by atoms with E-state index in [2.05, 4.69) is 62.3 Å². The number of amides is 1. The lowest BCUT2D eigenvalue weighted by atomic mass is 10.0. The normalized spacial score (nSPS) is 11.2. The molecule has 0 fully saturated rings. The highest BCUT2D eigenvalue weighted by Gasteiger charge is 2.29. The number of nitrogens with one attached hydrogen (secondary N) is 3. The highest BCUT2D eigenvalue weighted by Crippen LogP contribution is 2.35. The van der Waals surface area contributed by atoms with Gasteiger partial charge in [-0.3, -0.25) is 24.4 Å². The number of hydrogen-bond acceptors (Lipinski definition) is 11. The molecule has 0 bridgehead atoms. The third kappa shape index (κ3) is 9.60. The van der Waals surface area contributed by atoms with Gasteiger partial charge in [0.15, 0.2) is 17.5 Å². The molecule has 1 amide bonds. The molecule has 0 aliphatic carbocycles. The molecule has 8 aromatic rings. The molecule has 0 radical (unpaired) electrons. The van der Waals surface area contributed by atoms with Crippen LogP contribution in [0.1, 0.15) is 39.6 Å². The zero-order valence-electron chi connectivity index (χ0n) is 32.5. The van der Waals surface area contributed by atoms with E-state index in [0.29, 0.717) is 9.75 Å². The molecule has 60 heavy (non-hydrogen) atoms. The number of fused-ring (bicyclic) bond motifs is 2. The summed E-state index contributed by atoms with van der Waals surface area (Å²) in [6, 6.07) is 43.7. The number of benzene rings is 4. The van der Waals surface area contributed by atoms with Crippen molar-refractivity contribution >= 4 is 83.1 Å². The van der Waals surface area contributed by atoms with Gasteiger partial charge in [-0.1, -0.05) is 84.9 Å². The first kappa shape index (κ1) is 40.7. The molecular weight excluding hydrogens is 787 g/mol. The molecule has 12 heteroatoms. The van der Waals surface area contributed by atoms with Gasteiger partial charge in [0.1, 0.15) is 0 Å². The Hall–Kier alpha value is -7.51. The number of nitrogens with zero attached hydrogens (tertiary/aromatic N) is 4. The summed E-state index contributed by atoms with van der Waals surface area (Å²) in [5.41, 5.74) is 7.99. The van der Waals surface area contributed by atoms with E-state index in [9.17, 15) is 19.6 Å². The fraction of sp³-hybridized carbons (Fsp3) is 0.104. The first-order chi connectivity index (χ1) is 29.2. The molecule has 4 heterocycles. The Morgan fingerprint density at radius 2 is 1.07 bits per heavy atom. The number of aromatic nitrogens is 2. The van der Waals surface area contributed by atoms with E-state index < -0.39 is 17.6 Å². The summed E-state index contributed by atoms with van der Waals surface area (Å²) in [6.07, 6.45) is 6.76. The third-order valence-corrected chi connectivity index (χ3v) is 11.5. The molecule has 1 atom stereocenters. The van der Waals surface area contributed by atoms with E-state index in [4.69, 9.17) is 5.26 Å². The van der Waals surface area contributed by atoms with E-state index in [-0.39, 0.29) is 18.2 Å². The number of carbonyl (C=O) groups excluding carboxylic acids is 3. The van der Waals surface area contributed by atoms with Crippen molar-refractivity contribution in [2.24, 2.45) is 5.92 Å². The Labute approximate surface area is 354 Å². The fourth-order valence-corrected chi connectivity index (χ4v) is 8.37. The van der Waals surface area contributed by atoms with Gasteiger partial charge in [-0.15, -0.1) is 22.7 Å². The molecule has 4 aromatic carbocycles. The minimum absolute atomic E-state index is 0.107. The number of thiophene rings is 2. The number of anilines is 4. The molecule has 0 saturated heterocycles. The predicted molar refractivity (Wildman–Crippen MR) is 241 cm³/mol. The monoisotopic (exact) mass is 823 g/mol. The SMILES string of the molecule is CC(C)NC(=O)C(C#N)C(=O)c1cc2c(Nc3ccc(-c4ccccc4)cc3)cncc2s1.N#CCC(=O)c1cc2c(Nc3ccc(-c4ccccc4)cc3)cncc2s1. The summed E-state index contributed by atoms with van der Waals surface area (Å²) in [6.45, 7) is 3.57. The van der Waals surface area contributed by atoms with Crippen molar-refractivity contribution in [1.82, 2.24) is 15.3 Å². The van der Waals surface area contributed by atoms with Crippen molar-refractivity contribution in [3.63, 3.8) is 0 Å². The second-order valence-corrected chi connectivity index (χ2v) is 16.1. The second kappa shape index (κ2) is 18.8. The van der Waals surface area contributed by atoms with Gasteiger partial charge in [-0.25, -0.2) is 0 Å². The summed E-state index contributed by atoms with van der Waals surface area (Å²) in [5, 5.41) is 29.3. The Morgan fingerprint density at radius 1 is 0.617 bits per heavy atom. The Balaban J connectivity index is 0.000000185. The molecule has 3 N–H and O–H groups in total. The summed E-state index contributed by atoms with van der Waals surface area (Å²) < 4.78 is 1.72. The van der Waals surface area contributed by atoms with Crippen molar-refractivity contribution in [2.45, 2.75) is 26.3 Å².